The van der Waals surface area contributed by atoms with Crippen molar-refractivity contribution in [2.24, 2.45) is 10.9 Å². The highest BCUT2D eigenvalue weighted by atomic mass is 16.5. The molecule has 4 aromatic rings. The SMILES string of the molecule is C=Cc1ccccc1CN(C(=O)CCC(=O)NCCOCCOCCOCCNC(=O)c1ccc(C2c3cc(C)c(NCC)cc3OC3=C/C(=N/CC)C(C)=CC32)c(C(=O)O)c1)c1ccccc1C. The van der Waals surface area contributed by atoms with Crippen LogP contribution in [0.5, 0.6) is 5.75 Å². The summed E-state index contributed by atoms with van der Waals surface area (Å²) in [5.41, 5.74) is 9.20. The number of anilines is 2. The molecule has 14 nitrogen and oxygen atoms in total. The van der Waals surface area contributed by atoms with Crippen LogP contribution in [-0.4, -0.2) is 100 Å². The molecule has 4 N–H and O–H groups in total. The van der Waals surface area contributed by atoms with Crippen molar-refractivity contribution in [1.82, 2.24) is 10.6 Å². The lowest BCUT2D eigenvalue weighted by Gasteiger charge is -2.37. The molecular formula is C55H65N5O9. The van der Waals surface area contributed by atoms with Crippen LogP contribution in [0.4, 0.5) is 11.4 Å². The number of aryl methyl sites for hydroxylation is 2. The predicted octanol–water partition coefficient (Wildman–Crippen LogP) is 8.43. The minimum Gasteiger partial charge on any atom is -0.478 e. The molecule has 2 atom stereocenters. The second kappa shape index (κ2) is 25.5. The van der Waals surface area contributed by atoms with Gasteiger partial charge >= 0.3 is 5.97 Å². The zero-order chi connectivity index (χ0) is 49.3. The van der Waals surface area contributed by atoms with Gasteiger partial charge in [0.1, 0.15) is 11.5 Å². The third kappa shape index (κ3) is 13.7. The van der Waals surface area contributed by atoms with Gasteiger partial charge in [-0.2, -0.15) is 0 Å². The summed E-state index contributed by atoms with van der Waals surface area (Å²) in [5.74, 6) is -1.25. The molecule has 0 aromatic heterocycles. The van der Waals surface area contributed by atoms with Gasteiger partial charge in [-0.1, -0.05) is 67.3 Å². The summed E-state index contributed by atoms with van der Waals surface area (Å²) in [6.45, 7) is 17.9. The summed E-state index contributed by atoms with van der Waals surface area (Å²) >= 11 is 0. The smallest absolute Gasteiger partial charge is 0.336 e. The number of aromatic carboxylic acids is 1. The zero-order valence-corrected chi connectivity index (χ0v) is 40.4. The first-order valence-electron chi connectivity index (χ1n) is 23.7. The predicted molar refractivity (Wildman–Crippen MR) is 270 cm³/mol. The highest BCUT2D eigenvalue weighted by Crippen LogP contribution is 2.50. The van der Waals surface area contributed by atoms with E-state index in [2.05, 4.69) is 39.7 Å². The highest BCUT2D eigenvalue weighted by molar-refractivity contribution is 6.09. The molecule has 2 unspecified atom stereocenters. The fourth-order valence-electron chi connectivity index (χ4n) is 8.55. The molecule has 14 heteroatoms. The van der Waals surface area contributed by atoms with Crippen LogP contribution in [0.2, 0.25) is 0 Å². The van der Waals surface area contributed by atoms with Gasteiger partial charge in [0.2, 0.25) is 11.8 Å². The van der Waals surface area contributed by atoms with Crippen molar-refractivity contribution in [3.63, 3.8) is 0 Å². The summed E-state index contributed by atoms with van der Waals surface area (Å²) in [4.78, 5) is 58.6. The van der Waals surface area contributed by atoms with E-state index in [1.807, 2.05) is 95.3 Å². The number of nitrogens with one attached hydrogen (secondary N) is 3. The van der Waals surface area contributed by atoms with Crippen LogP contribution in [-0.2, 0) is 30.3 Å². The maximum atomic E-state index is 13.5. The molecule has 1 aliphatic heterocycles. The molecule has 0 radical (unpaired) electrons. The largest absolute Gasteiger partial charge is 0.478 e. The minimum atomic E-state index is -1.13. The Morgan fingerprint density at radius 2 is 1.51 bits per heavy atom. The molecule has 0 spiro atoms. The molecule has 0 saturated carbocycles. The Kier molecular flexibility index (Phi) is 19.0. The van der Waals surface area contributed by atoms with Crippen LogP contribution in [0.1, 0.15) is 93.6 Å². The van der Waals surface area contributed by atoms with E-state index in [-0.39, 0.29) is 67.4 Å². The van der Waals surface area contributed by atoms with E-state index < -0.39 is 11.9 Å². The number of nitrogens with zero attached hydrogens (tertiary/aromatic N) is 2. The molecule has 1 aliphatic carbocycles. The number of ether oxygens (including phenoxy) is 4. The number of carbonyl (C=O) groups excluding carboxylic acids is 3. The summed E-state index contributed by atoms with van der Waals surface area (Å²) in [6, 6.07) is 24.4. The van der Waals surface area contributed by atoms with E-state index in [4.69, 9.17) is 18.9 Å². The molecule has 2 aliphatic rings. The number of para-hydroxylation sites is 1. The van der Waals surface area contributed by atoms with Crippen LogP contribution in [0.15, 0.2) is 114 Å². The van der Waals surface area contributed by atoms with Crippen molar-refractivity contribution in [3.05, 3.63) is 153 Å². The normalized spacial score (nSPS) is 15.5. The van der Waals surface area contributed by atoms with Gasteiger partial charge in [-0.25, -0.2) is 4.79 Å². The number of allylic oxidation sites excluding steroid dienone is 3. The quantitative estimate of drug-likeness (QED) is 0.0472. The van der Waals surface area contributed by atoms with E-state index in [1.54, 1.807) is 23.1 Å². The number of carboxylic acids is 1. The Balaban J connectivity index is 0.893. The van der Waals surface area contributed by atoms with Gasteiger partial charge in [0.05, 0.1) is 57.5 Å². The summed E-state index contributed by atoms with van der Waals surface area (Å²) < 4.78 is 23.3. The number of fused-ring (bicyclic) bond motifs is 2. The Morgan fingerprint density at radius 3 is 2.20 bits per heavy atom. The van der Waals surface area contributed by atoms with Crippen molar-refractivity contribution in [2.75, 3.05) is 76.0 Å². The lowest BCUT2D eigenvalue weighted by atomic mass is 9.73. The van der Waals surface area contributed by atoms with Gasteiger partial charge in [0.25, 0.3) is 5.91 Å². The number of carboxylic acid groups (broad SMARTS) is 1. The third-order valence-corrected chi connectivity index (χ3v) is 12.0. The number of hydrogen-bond acceptors (Lipinski definition) is 10. The summed E-state index contributed by atoms with van der Waals surface area (Å²) in [7, 11) is 0. The van der Waals surface area contributed by atoms with Crippen molar-refractivity contribution in [2.45, 2.75) is 59.9 Å². The Bertz CT molecular complexity index is 2580. The van der Waals surface area contributed by atoms with E-state index >= 15 is 0 Å². The monoisotopic (exact) mass is 939 g/mol. The maximum absolute atomic E-state index is 13.5. The molecule has 69 heavy (non-hydrogen) atoms. The molecule has 0 bridgehead atoms. The third-order valence-electron chi connectivity index (χ3n) is 12.0. The highest BCUT2D eigenvalue weighted by Gasteiger charge is 2.39. The van der Waals surface area contributed by atoms with Crippen molar-refractivity contribution in [3.8, 4) is 5.75 Å². The topological polar surface area (TPSA) is 177 Å². The standard InChI is InChI=1S/C55H65N5O9/c1-7-39-15-11-12-16-41(39)35-60(48-17-13-10-14-36(48)4)52(62)21-20-51(61)58-22-24-66-26-28-68-29-27-67-25-23-59-54(63)40-18-19-42(43(32-40)55(64)65)53-44-30-37(5)46(56-8-2)33-49(44)69-50-34-47(57-9-3)38(6)31-45(50)53/h7,10-19,30-34,44,53,57H,1,8-9,20-29,35H2,2-6H3,(H,58,61)(H,59,63)(H,64,65)/b56-46-. The van der Waals surface area contributed by atoms with E-state index in [1.165, 1.54) is 6.07 Å². The van der Waals surface area contributed by atoms with Crippen LogP contribution in [0.25, 0.3) is 6.08 Å². The molecule has 1 heterocycles. The number of aliphatic imine (C=N–C) groups is 1. The first-order valence-corrected chi connectivity index (χ1v) is 23.7. The Morgan fingerprint density at radius 1 is 0.812 bits per heavy atom. The van der Waals surface area contributed by atoms with E-state index in [0.717, 1.165) is 57.0 Å². The molecule has 6 rings (SSSR count). The van der Waals surface area contributed by atoms with E-state index in [9.17, 15) is 24.3 Å². The second-order valence-electron chi connectivity index (χ2n) is 16.8. The molecule has 0 saturated heterocycles. The fraction of sp³-hybridized carbons (Fsp3) is 0.364. The van der Waals surface area contributed by atoms with E-state index in [0.29, 0.717) is 63.1 Å². The molecule has 3 amide bonds. The molecular weight excluding hydrogens is 875 g/mol. The number of rotatable bonds is 25. The minimum absolute atomic E-state index is 0.0435. The fourth-order valence-corrected chi connectivity index (χ4v) is 8.55. The Labute approximate surface area is 405 Å². The van der Waals surface area contributed by atoms with Gasteiger partial charge < -0.3 is 44.9 Å². The van der Waals surface area contributed by atoms with Crippen LogP contribution in [0.3, 0.4) is 0 Å². The average Bonchev–Trinajstić information content (AvgIpc) is 3.34. The zero-order valence-electron chi connectivity index (χ0n) is 40.4. The van der Waals surface area contributed by atoms with Crippen LogP contribution < -0.4 is 25.6 Å². The Hall–Kier alpha value is -6.87. The lowest BCUT2D eigenvalue weighted by Crippen LogP contribution is -2.33. The molecule has 4 aromatic carbocycles. The maximum Gasteiger partial charge on any atom is 0.336 e. The average molecular weight is 940 g/mol. The van der Waals surface area contributed by atoms with Gasteiger partial charge in [0.15, 0.2) is 0 Å². The van der Waals surface area contributed by atoms with Crippen LogP contribution in [0, 0.1) is 19.8 Å². The first-order chi connectivity index (χ1) is 33.4. The number of amides is 3. The molecule has 364 valence electrons. The van der Waals surface area contributed by atoms with Crippen LogP contribution >= 0.6 is 0 Å². The van der Waals surface area contributed by atoms with Crippen molar-refractivity contribution >= 4 is 46.9 Å². The number of hydrogen-bond donors (Lipinski definition) is 4. The van der Waals surface area contributed by atoms with Gasteiger partial charge in [0, 0.05) is 85.5 Å². The summed E-state index contributed by atoms with van der Waals surface area (Å²) in [5, 5.41) is 19.6. The summed E-state index contributed by atoms with van der Waals surface area (Å²) in [6.07, 6.45) is 5.93. The van der Waals surface area contributed by atoms with Gasteiger partial charge in [-0.15, -0.1) is 0 Å². The second-order valence-corrected chi connectivity index (χ2v) is 16.8. The van der Waals surface area contributed by atoms with Gasteiger partial charge in [-0.3, -0.25) is 19.4 Å². The molecule has 0 fully saturated rings. The number of benzene rings is 4. The van der Waals surface area contributed by atoms with Gasteiger partial charge in [-0.05, 0) is 92.3 Å². The first kappa shape index (κ1) is 51.5. The number of carbonyl (C=O) groups is 4. The van der Waals surface area contributed by atoms with Crippen molar-refractivity contribution < 1.29 is 43.2 Å². The lowest BCUT2D eigenvalue weighted by molar-refractivity contribution is -0.125. The van der Waals surface area contributed by atoms with Crippen molar-refractivity contribution in [1.29, 1.82) is 0 Å².